The fraction of sp³-hybridized carbons (Fsp3) is 0.467. The van der Waals surface area contributed by atoms with Gasteiger partial charge in [0.2, 0.25) is 0 Å². The summed E-state index contributed by atoms with van der Waals surface area (Å²) >= 11 is 0. The van der Waals surface area contributed by atoms with E-state index < -0.39 is 0 Å². The van der Waals surface area contributed by atoms with Crippen molar-refractivity contribution in [3.63, 3.8) is 0 Å². The van der Waals surface area contributed by atoms with Crippen molar-refractivity contribution in [2.45, 2.75) is 39.7 Å². The Morgan fingerprint density at radius 1 is 1.35 bits per heavy atom. The van der Waals surface area contributed by atoms with Crippen molar-refractivity contribution < 1.29 is 4.39 Å². The Balaban J connectivity index is 2.91. The van der Waals surface area contributed by atoms with Gasteiger partial charge in [0, 0.05) is 6.04 Å². The molecule has 0 aliphatic rings. The highest BCUT2D eigenvalue weighted by Gasteiger charge is 2.12. The summed E-state index contributed by atoms with van der Waals surface area (Å²) in [4.78, 5) is 0. The van der Waals surface area contributed by atoms with Crippen molar-refractivity contribution in [1.29, 1.82) is 0 Å². The van der Waals surface area contributed by atoms with E-state index >= 15 is 0 Å². The lowest BCUT2D eigenvalue weighted by Gasteiger charge is -2.20. The molecule has 0 aliphatic carbocycles. The molecule has 1 rings (SSSR count). The maximum atomic E-state index is 13.4. The van der Waals surface area contributed by atoms with Gasteiger partial charge in [0.15, 0.2) is 0 Å². The van der Waals surface area contributed by atoms with Crippen LogP contribution in [0.5, 0.6) is 0 Å². The molecule has 94 valence electrons. The third kappa shape index (κ3) is 4.31. The molecule has 0 heterocycles. The number of benzene rings is 1. The van der Waals surface area contributed by atoms with Crippen molar-refractivity contribution in [1.82, 2.24) is 5.32 Å². The van der Waals surface area contributed by atoms with Crippen LogP contribution >= 0.6 is 0 Å². The molecule has 1 unspecified atom stereocenters. The Bertz CT molecular complexity index is 364. The first-order chi connectivity index (χ1) is 8.06. The van der Waals surface area contributed by atoms with E-state index in [0.29, 0.717) is 0 Å². The van der Waals surface area contributed by atoms with Crippen LogP contribution < -0.4 is 5.32 Å². The zero-order valence-electron chi connectivity index (χ0n) is 11.0. The molecule has 0 saturated carbocycles. The van der Waals surface area contributed by atoms with Gasteiger partial charge < -0.3 is 5.32 Å². The van der Waals surface area contributed by atoms with E-state index in [1.807, 2.05) is 13.0 Å². The molecule has 0 amide bonds. The summed E-state index contributed by atoms with van der Waals surface area (Å²) in [5.41, 5.74) is 3.17. The molecule has 0 fully saturated rings. The Morgan fingerprint density at radius 2 is 2.06 bits per heavy atom. The minimum atomic E-state index is -0.162. The molecule has 0 aliphatic heterocycles. The zero-order chi connectivity index (χ0) is 12.8. The second-order valence-corrected chi connectivity index (χ2v) is 4.48. The molecule has 2 heteroatoms. The predicted octanol–water partition coefficient (Wildman–Crippen LogP) is 4.14. The number of nitrogens with one attached hydrogen (secondary N) is 1. The molecule has 1 atom stereocenters. The highest BCUT2D eigenvalue weighted by atomic mass is 19.1. The average Bonchev–Trinajstić information content (AvgIpc) is 2.27. The summed E-state index contributed by atoms with van der Waals surface area (Å²) in [6.07, 6.45) is 1.84. The lowest BCUT2D eigenvalue weighted by Crippen LogP contribution is -2.21. The summed E-state index contributed by atoms with van der Waals surface area (Å²) in [7, 11) is 0. The SMILES string of the molecule is C=C(CC)CC(NCC)c1cc(C)cc(F)c1. The fourth-order valence-corrected chi connectivity index (χ4v) is 1.95. The number of aryl methyl sites for hydroxylation is 1. The van der Waals surface area contributed by atoms with E-state index in [-0.39, 0.29) is 11.9 Å². The van der Waals surface area contributed by atoms with Gasteiger partial charge in [-0.3, -0.25) is 0 Å². The van der Waals surface area contributed by atoms with Gasteiger partial charge in [0.1, 0.15) is 5.82 Å². The van der Waals surface area contributed by atoms with Crippen LogP contribution in [0.2, 0.25) is 0 Å². The highest BCUT2D eigenvalue weighted by Crippen LogP contribution is 2.23. The Morgan fingerprint density at radius 3 is 2.59 bits per heavy atom. The third-order valence-corrected chi connectivity index (χ3v) is 2.91. The van der Waals surface area contributed by atoms with E-state index in [0.717, 1.165) is 30.5 Å². The Labute approximate surface area is 104 Å². The van der Waals surface area contributed by atoms with Crippen molar-refractivity contribution in [3.8, 4) is 0 Å². The average molecular weight is 235 g/mol. The minimum absolute atomic E-state index is 0.162. The maximum absolute atomic E-state index is 13.4. The Kier molecular flexibility index (Phi) is 5.36. The number of rotatable bonds is 6. The number of halogens is 1. The molecule has 0 saturated heterocycles. The van der Waals surface area contributed by atoms with E-state index in [2.05, 4.69) is 25.7 Å². The lowest BCUT2D eigenvalue weighted by molar-refractivity contribution is 0.536. The maximum Gasteiger partial charge on any atom is 0.123 e. The first-order valence-electron chi connectivity index (χ1n) is 6.24. The number of hydrogen-bond acceptors (Lipinski definition) is 1. The third-order valence-electron chi connectivity index (χ3n) is 2.91. The summed E-state index contributed by atoms with van der Waals surface area (Å²) in [5, 5.41) is 3.39. The first kappa shape index (κ1) is 13.9. The van der Waals surface area contributed by atoms with Crippen molar-refractivity contribution in [2.24, 2.45) is 0 Å². The van der Waals surface area contributed by atoms with Gasteiger partial charge in [-0.2, -0.15) is 0 Å². The van der Waals surface area contributed by atoms with E-state index in [1.165, 1.54) is 5.57 Å². The minimum Gasteiger partial charge on any atom is -0.310 e. The smallest absolute Gasteiger partial charge is 0.123 e. The van der Waals surface area contributed by atoms with Crippen LogP contribution in [0.3, 0.4) is 0 Å². The van der Waals surface area contributed by atoms with Gasteiger partial charge in [-0.05, 0) is 49.6 Å². The summed E-state index contributed by atoms with van der Waals surface area (Å²) in [6, 6.07) is 5.38. The van der Waals surface area contributed by atoms with Crippen LogP contribution in [0.15, 0.2) is 30.4 Å². The van der Waals surface area contributed by atoms with Crippen LogP contribution in [0.1, 0.15) is 43.9 Å². The largest absolute Gasteiger partial charge is 0.310 e. The topological polar surface area (TPSA) is 12.0 Å². The molecule has 1 aromatic rings. The van der Waals surface area contributed by atoms with E-state index in [1.54, 1.807) is 12.1 Å². The molecular formula is C15H22FN. The molecule has 0 bridgehead atoms. The second kappa shape index (κ2) is 6.55. The van der Waals surface area contributed by atoms with Crippen molar-refractivity contribution >= 4 is 0 Å². The van der Waals surface area contributed by atoms with Crippen molar-refractivity contribution in [3.05, 3.63) is 47.3 Å². The first-order valence-corrected chi connectivity index (χ1v) is 6.24. The Hall–Kier alpha value is -1.15. The predicted molar refractivity (Wildman–Crippen MR) is 71.6 cm³/mol. The fourth-order valence-electron chi connectivity index (χ4n) is 1.95. The van der Waals surface area contributed by atoms with Crippen LogP contribution in [0.25, 0.3) is 0 Å². The quantitative estimate of drug-likeness (QED) is 0.731. The van der Waals surface area contributed by atoms with Gasteiger partial charge in [-0.1, -0.05) is 32.1 Å². The van der Waals surface area contributed by atoms with Gasteiger partial charge in [0.05, 0.1) is 0 Å². The van der Waals surface area contributed by atoms with Gasteiger partial charge >= 0.3 is 0 Å². The van der Waals surface area contributed by atoms with Gasteiger partial charge in [-0.15, -0.1) is 0 Å². The van der Waals surface area contributed by atoms with Crippen LogP contribution in [-0.2, 0) is 0 Å². The van der Waals surface area contributed by atoms with Crippen LogP contribution in [0, 0.1) is 12.7 Å². The molecule has 0 spiro atoms. The summed E-state index contributed by atoms with van der Waals surface area (Å²) in [5.74, 6) is -0.162. The molecule has 1 N–H and O–H groups in total. The van der Waals surface area contributed by atoms with E-state index in [9.17, 15) is 4.39 Å². The van der Waals surface area contributed by atoms with Gasteiger partial charge in [0.25, 0.3) is 0 Å². The van der Waals surface area contributed by atoms with Crippen molar-refractivity contribution in [2.75, 3.05) is 6.54 Å². The molecule has 1 aromatic carbocycles. The normalized spacial score (nSPS) is 12.5. The highest BCUT2D eigenvalue weighted by molar-refractivity contribution is 5.27. The van der Waals surface area contributed by atoms with Crippen LogP contribution in [-0.4, -0.2) is 6.54 Å². The molecule has 0 radical (unpaired) electrons. The lowest BCUT2D eigenvalue weighted by atomic mass is 9.97. The molecule has 0 aromatic heterocycles. The summed E-state index contributed by atoms with van der Waals surface area (Å²) < 4.78 is 13.4. The zero-order valence-corrected chi connectivity index (χ0v) is 11.0. The molecule has 1 nitrogen and oxygen atoms in total. The van der Waals surface area contributed by atoms with E-state index in [4.69, 9.17) is 0 Å². The second-order valence-electron chi connectivity index (χ2n) is 4.48. The molecular weight excluding hydrogens is 213 g/mol. The molecule has 17 heavy (non-hydrogen) atoms. The standard InChI is InChI=1S/C15H22FN/c1-5-11(3)9-15(17-6-2)13-7-12(4)8-14(16)10-13/h7-8,10,15,17H,3,5-6,9H2,1-2,4H3. The monoisotopic (exact) mass is 235 g/mol. The van der Waals surface area contributed by atoms with Gasteiger partial charge in [-0.25, -0.2) is 4.39 Å². The van der Waals surface area contributed by atoms with Crippen LogP contribution in [0.4, 0.5) is 4.39 Å². The summed E-state index contributed by atoms with van der Waals surface area (Å²) in [6.45, 7) is 11.0. The number of hydrogen-bond donors (Lipinski definition) is 1.